The van der Waals surface area contributed by atoms with Gasteiger partial charge in [0.2, 0.25) is 0 Å². The maximum absolute atomic E-state index is 13.3. The molecule has 6 heteroatoms. The highest BCUT2D eigenvalue weighted by Crippen LogP contribution is 2.36. The van der Waals surface area contributed by atoms with Crippen molar-refractivity contribution in [3.05, 3.63) is 52.5 Å². The Morgan fingerprint density at radius 3 is 2.63 bits per heavy atom. The summed E-state index contributed by atoms with van der Waals surface area (Å²) in [6.45, 7) is 7.74. The monoisotopic (exact) mass is 386 g/mol. The Hall–Kier alpha value is -2.24. The van der Waals surface area contributed by atoms with Crippen LogP contribution >= 0.6 is 11.6 Å². The summed E-state index contributed by atoms with van der Waals surface area (Å²) in [5.41, 5.74) is 3.65. The summed E-state index contributed by atoms with van der Waals surface area (Å²) in [6.07, 6.45) is -0.0728. The Labute approximate surface area is 164 Å². The molecule has 5 nitrogen and oxygen atoms in total. The number of anilines is 2. The molecular formula is C21H23ClN2O3. The van der Waals surface area contributed by atoms with E-state index < -0.39 is 0 Å². The van der Waals surface area contributed by atoms with Crippen molar-refractivity contribution in [2.45, 2.75) is 20.0 Å². The summed E-state index contributed by atoms with van der Waals surface area (Å²) in [4.78, 5) is 17.3. The molecule has 27 heavy (non-hydrogen) atoms. The summed E-state index contributed by atoms with van der Waals surface area (Å²) in [5.74, 6) is 0.651. The van der Waals surface area contributed by atoms with Crippen LogP contribution in [-0.2, 0) is 4.74 Å². The Bertz CT molecular complexity index is 865. The molecule has 0 N–H and O–H groups in total. The molecule has 0 spiro atoms. The van der Waals surface area contributed by atoms with Crippen molar-refractivity contribution in [3.63, 3.8) is 0 Å². The van der Waals surface area contributed by atoms with E-state index in [0.29, 0.717) is 22.9 Å². The molecule has 1 saturated heterocycles. The van der Waals surface area contributed by atoms with Gasteiger partial charge in [-0.2, -0.15) is 0 Å². The molecule has 0 aliphatic carbocycles. The fraction of sp³-hybridized carbons (Fsp3) is 0.381. The second kappa shape index (κ2) is 7.41. The van der Waals surface area contributed by atoms with Crippen molar-refractivity contribution < 1.29 is 14.3 Å². The fourth-order valence-electron chi connectivity index (χ4n) is 3.71. The molecule has 2 aliphatic rings. The van der Waals surface area contributed by atoms with E-state index in [0.717, 1.165) is 43.2 Å². The summed E-state index contributed by atoms with van der Waals surface area (Å²) >= 11 is 6.15. The van der Waals surface area contributed by atoms with Gasteiger partial charge in [-0.1, -0.05) is 11.6 Å². The number of ether oxygens (including phenoxy) is 2. The van der Waals surface area contributed by atoms with Crippen LogP contribution in [0.3, 0.4) is 0 Å². The lowest BCUT2D eigenvalue weighted by atomic mass is 10.1. The Balaban J connectivity index is 1.63. The van der Waals surface area contributed by atoms with E-state index in [9.17, 15) is 4.79 Å². The van der Waals surface area contributed by atoms with Crippen LogP contribution in [0.15, 0.2) is 36.4 Å². The molecule has 0 aromatic heterocycles. The molecule has 142 valence electrons. The van der Waals surface area contributed by atoms with Gasteiger partial charge in [0.25, 0.3) is 5.91 Å². The smallest absolute Gasteiger partial charge is 0.258 e. The predicted molar refractivity (Wildman–Crippen MR) is 107 cm³/mol. The van der Waals surface area contributed by atoms with Gasteiger partial charge in [0.05, 0.1) is 25.4 Å². The van der Waals surface area contributed by atoms with E-state index in [1.807, 2.05) is 38.1 Å². The molecule has 0 saturated carbocycles. The van der Waals surface area contributed by atoms with Crippen LogP contribution in [0.5, 0.6) is 5.75 Å². The highest BCUT2D eigenvalue weighted by molar-refractivity contribution is 6.31. The van der Waals surface area contributed by atoms with Gasteiger partial charge in [-0.25, -0.2) is 0 Å². The van der Waals surface area contributed by atoms with Gasteiger partial charge in [-0.3, -0.25) is 4.79 Å². The molecule has 2 aliphatic heterocycles. The summed E-state index contributed by atoms with van der Waals surface area (Å²) < 4.78 is 11.3. The molecule has 1 unspecified atom stereocenters. The third-order valence-electron chi connectivity index (χ3n) is 5.02. The van der Waals surface area contributed by atoms with Crippen molar-refractivity contribution in [1.82, 2.24) is 0 Å². The molecule has 1 atom stereocenters. The number of benzene rings is 2. The first-order valence-corrected chi connectivity index (χ1v) is 9.62. The second-order valence-electron chi connectivity index (χ2n) is 7.06. The first-order chi connectivity index (χ1) is 13.0. The van der Waals surface area contributed by atoms with Crippen LogP contribution in [0.1, 0.15) is 22.8 Å². The quantitative estimate of drug-likeness (QED) is 0.784. The maximum Gasteiger partial charge on any atom is 0.258 e. The molecule has 2 aromatic rings. The van der Waals surface area contributed by atoms with Gasteiger partial charge in [0, 0.05) is 29.4 Å². The topological polar surface area (TPSA) is 42.0 Å². The minimum Gasteiger partial charge on any atom is -0.487 e. The third kappa shape index (κ3) is 3.62. The maximum atomic E-state index is 13.3. The van der Waals surface area contributed by atoms with E-state index in [-0.39, 0.29) is 12.0 Å². The van der Waals surface area contributed by atoms with Gasteiger partial charge >= 0.3 is 0 Å². The Morgan fingerprint density at radius 1 is 1.11 bits per heavy atom. The Kier molecular flexibility index (Phi) is 4.98. The number of aryl methyl sites for hydroxylation is 1. The van der Waals surface area contributed by atoms with Crippen LogP contribution in [-0.4, -0.2) is 44.9 Å². The number of nitrogens with zero attached hydrogens (tertiary/aromatic N) is 2. The number of halogens is 1. The number of hydrogen-bond acceptors (Lipinski definition) is 4. The normalized spacial score (nSPS) is 19.4. The predicted octanol–water partition coefficient (Wildman–Crippen LogP) is 3.91. The molecule has 0 radical (unpaired) electrons. The Morgan fingerprint density at radius 2 is 1.89 bits per heavy atom. The standard InChI is InChI=1S/C21H23ClN2O3/c1-14-11-16(3-5-18(14)23-7-9-26-10-8-23)21(25)24-13-15(2)27-20-6-4-17(22)12-19(20)24/h3-6,11-12,15H,7-10,13H2,1-2H3. The lowest BCUT2D eigenvalue weighted by molar-refractivity contribution is 0.0961. The summed E-state index contributed by atoms with van der Waals surface area (Å²) in [6, 6.07) is 11.3. The zero-order valence-corrected chi connectivity index (χ0v) is 16.3. The minimum absolute atomic E-state index is 0.0368. The number of morpholine rings is 1. The fourth-order valence-corrected chi connectivity index (χ4v) is 3.87. The molecular weight excluding hydrogens is 364 g/mol. The van der Waals surface area contributed by atoms with Crippen LogP contribution < -0.4 is 14.5 Å². The van der Waals surface area contributed by atoms with Gasteiger partial charge in [0.15, 0.2) is 0 Å². The van der Waals surface area contributed by atoms with E-state index in [2.05, 4.69) is 4.90 Å². The van der Waals surface area contributed by atoms with Gasteiger partial charge in [-0.15, -0.1) is 0 Å². The van der Waals surface area contributed by atoms with Crippen LogP contribution in [0.25, 0.3) is 0 Å². The molecule has 1 amide bonds. The van der Waals surface area contributed by atoms with Crippen molar-refractivity contribution >= 4 is 28.9 Å². The first-order valence-electron chi connectivity index (χ1n) is 9.24. The summed E-state index contributed by atoms with van der Waals surface area (Å²) in [7, 11) is 0. The summed E-state index contributed by atoms with van der Waals surface area (Å²) in [5, 5.41) is 0.587. The molecule has 1 fully saturated rings. The number of rotatable bonds is 2. The van der Waals surface area contributed by atoms with E-state index >= 15 is 0 Å². The van der Waals surface area contributed by atoms with Crippen LogP contribution in [0.2, 0.25) is 5.02 Å². The van der Waals surface area contributed by atoms with Gasteiger partial charge in [-0.05, 0) is 55.8 Å². The molecule has 4 rings (SSSR count). The number of fused-ring (bicyclic) bond motifs is 1. The largest absolute Gasteiger partial charge is 0.487 e. The van der Waals surface area contributed by atoms with Crippen LogP contribution in [0.4, 0.5) is 11.4 Å². The van der Waals surface area contributed by atoms with Crippen molar-refractivity contribution in [2.75, 3.05) is 42.6 Å². The lowest BCUT2D eigenvalue weighted by Crippen LogP contribution is -2.42. The average Bonchev–Trinajstić information content (AvgIpc) is 2.67. The van der Waals surface area contributed by atoms with E-state index in [4.69, 9.17) is 21.1 Å². The third-order valence-corrected chi connectivity index (χ3v) is 5.26. The number of hydrogen-bond donors (Lipinski definition) is 0. The molecule has 0 bridgehead atoms. The zero-order valence-electron chi connectivity index (χ0n) is 15.6. The lowest BCUT2D eigenvalue weighted by Gasteiger charge is -2.34. The number of carbonyl (C=O) groups excluding carboxylic acids is 1. The first kappa shape index (κ1) is 18.1. The van der Waals surface area contributed by atoms with Crippen molar-refractivity contribution in [3.8, 4) is 5.75 Å². The SMILES string of the molecule is Cc1cc(C(=O)N2CC(C)Oc3ccc(Cl)cc32)ccc1N1CCOCC1. The highest BCUT2D eigenvalue weighted by Gasteiger charge is 2.29. The van der Waals surface area contributed by atoms with Gasteiger partial charge < -0.3 is 19.3 Å². The highest BCUT2D eigenvalue weighted by atomic mass is 35.5. The number of amides is 1. The molecule has 2 aromatic carbocycles. The zero-order chi connectivity index (χ0) is 19.0. The van der Waals surface area contributed by atoms with E-state index in [1.165, 1.54) is 0 Å². The van der Waals surface area contributed by atoms with Crippen molar-refractivity contribution in [1.29, 1.82) is 0 Å². The van der Waals surface area contributed by atoms with Crippen molar-refractivity contribution in [2.24, 2.45) is 0 Å². The minimum atomic E-state index is -0.0728. The second-order valence-corrected chi connectivity index (χ2v) is 7.49. The molecule has 2 heterocycles. The van der Waals surface area contributed by atoms with E-state index in [1.54, 1.807) is 17.0 Å². The van der Waals surface area contributed by atoms with Crippen LogP contribution in [0, 0.1) is 6.92 Å². The van der Waals surface area contributed by atoms with Gasteiger partial charge in [0.1, 0.15) is 11.9 Å². The number of carbonyl (C=O) groups is 1. The average molecular weight is 387 g/mol.